The first-order valence-electron chi connectivity index (χ1n) is 8.62. The predicted molar refractivity (Wildman–Crippen MR) is 93.6 cm³/mol. The molecule has 1 aromatic carbocycles. The molecule has 26 heavy (non-hydrogen) atoms. The maximum absolute atomic E-state index is 12.4. The van der Waals surface area contributed by atoms with E-state index in [9.17, 15) is 9.90 Å². The highest BCUT2D eigenvalue weighted by Gasteiger charge is 2.34. The number of hydrogen-bond donors (Lipinski definition) is 2. The van der Waals surface area contributed by atoms with Crippen molar-refractivity contribution in [2.45, 2.75) is 31.5 Å². The van der Waals surface area contributed by atoms with Gasteiger partial charge in [-0.05, 0) is 37.0 Å². The number of aromatic nitrogens is 5. The van der Waals surface area contributed by atoms with E-state index in [2.05, 4.69) is 20.5 Å². The fourth-order valence-corrected chi connectivity index (χ4v) is 3.40. The van der Waals surface area contributed by atoms with E-state index in [1.807, 2.05) is 47.3 Å². The first-order valence-corrected chi connectivity index (χ1v) is 8.62. The number of aliphatic hydroxyl groups is 1. The number of carbonyl (C=O) groups is 1. The quantitative estimate of drug-likeness (QED) is 0.715. The third kappa shape index (κ3) is 3.50. The van der Waals surface area contributed by atoms with Crippen LogP contribution < -0.4 is 5.32 Å². The molecule has 1 fully saturated rings. The summed E-state index contributed by atoms with van der Waals surface area (Å²) in [6, 6.07) is 11.0. The van der Waals surface area contributed by atoms with Gasteiger partial charge < -0.3 is 10.4 Å². The van der Waals surface area contributed by atoms with Gasteiger partial charge in [-0.15, -0.1) is 5.10 Å². The van der Waals surface area contributed by atoms with Gasteiger partial charge in [0.25, 0.3) is 5.91 Å². The predicted octanol–water partition coefficient (Wildman–Crippen LogP) is 1.03. The molecule has 0 saturated heterocycles. The van der Waals surface area contributed by atoms with Gasteiger partial charge in [-0.1, -0.05) is 18.2 Å². The van der Waals surface area contributed by atoms with Gasteiger partial charge in [-0.25, -0.2) is 9.67 Å². The molecule has 2 N–H and O–H groups in total. The van der Waals surface area contributed by atoms with Gasteiger partial charge in [-0.2, -0.15) is 5.10 Å². The summed E-state index contributed by atoms with van der Waals surface area (Å²) < 4.78 is 3.41. The SMILES string of the molecule is O=C(N[C@@H]1CC(Cn2cccn2)C[C@H]1O)c1ncn(-c2ccccc2)n1. The Kier molecular flexibility index (Phi) is 4.49. The van der Waals surface area contributed by atoms with Crippen LogP contribution in [0.3, 0.4) is 0 Å². The lowest BCUT2D eigenvalue weighted by Gasteiger charge is -2.15. The van der Waals surface area contributed by atoms with Crippen molar-refractivity contribution in [2.75, 3.05) is 0 Å². The topological polar surface area (TPSA) is 97.9 Å². The van der Waals surface area contributed by atoms with Crippen molar-refractivity contribution in [1.82, 2.24) is 29.9 Å². The molecule has 0 spiro atoms. The smallest absolute Gasteiger partial charge is 0.291 e. The van der Waals surface area contributed by atoms with Gasteiger partial charge >= 0.3 is 0 Å². The number of benzene rings is 1. The number of nitrogens with zero attached hydrogens (tertiary/aromatic N) is 5. The van der Waals surface area contributed by atoms with Crippen LogP contribution in [0.2, 0.25) is 0 Å². The second kappa shape index (κ2) is 7.09. The van der Waals surface area contributed by atoms with Crippen molar-refractivity contribution in [2.24, 2.45) is 5.92 Å². The highest BCUT2D eigenvalue weighted by Crippen LogP contribution is 2.27. The van der Waals surface area contributed by atoms with E-state index in [0.29, 0.717) is 12.8 Å². The van der Waals surface area contributed by atoms with Crippen molar-refractivity contribution in [1.29, 1.82) is 0 Å². The molecule has 1 amide bonds. The number of amides is 1. The highest BCUT2D eigenvalue weighted by atomic mass is 16.3. The Morgan fingerprint density at radius 1 is 1.23 bits per heavy atom. The summed E-state index contributed by atoms with van der Waals surface area (Å²) >= 11 is 0. The zero-order valence-electron chi connectivity index (χ0n) is 14.1. The number of rotatable bonds is 5. The van der Waals surface area contributed by atoms with E-state index in [1.54, 1.807) is 10.9 Å². The minimum absolute atomic E-state index is 0.0941. The van der Waals surface area contributed by atoms with Gasteiger partial charge in [0.05, 0.1) is 17.8 Å². The zero-order chi connectivity index (χ0) is 17.9. The van der Waals surface area contributed by atoms with E-state index >= 15 is 0 Å². The Balaban J connectivity index is 1.38. The molecular weight excluding hydrogens is 332 g/mol. The molecule has 3 atom stereocenters. The maximum Gasteiger partial charge on any atom is 0.291 e. The Labute approximate surface area is 150 Å². The van der Waals surface area contributed by atoms with Crippen LogP contribution in [0.4, 0.5) is 0 Å². The molecule has 8 nitrogen and oxygen atoms in total. The fourth-order valence-electron chi connectivity index (χ4n) is 3.40. The van der Waals surface area contributed by atoms with Crippen molar-refractivity contribution in [3.63, 3.8) is 0 Å². The third-order valence-corrected chi connectivity index (χ3v) is 4.66. The molecule has 1 saturated carbocycles. The molecule has 0 radical (unpaired) electrons. The number of carbonyl (C=O) groups excluding carboxylic acids is 1. The van der Waals surface area contributed by atoms with Crippen LogP contribution in [0.15, 0.2) is 55.1 Å². The molecule has 134 valence electrons. The van der Waals surface area contributed by atoms with Crippen molar-refractivity contribution in [3.05, 3.63) is 60.9 Å². The molecule has 0 aliphatic heterocycles. The fraction of sp³-hybridized carbons (Fsp3) is 0.333. The molecule has 0 bridgehead atoms. The summed E-state index contributed by atoms with van der Waals surface area (Å²) in [7, 11) is 0. The lowest BCUT2D eigenvalue weighted by molar-refractivity contribution is 0.0862. The van der Waals surface area contributed by atoms with Crippen LogP contribution in [-0.2, 0) is 6.54 Å². The van der Waals surface area contributed by atoms with Crippen LogP contribution in [0.5, 0.6) is 0 Å². The largest absolute Gasteiger partial charge is 0.391 e. The summed E-state index contributed by atoms with van der Waals surface area (Å²) in [6.07, 6.45) is 5.91. The molecule has 4 rings (SSSR count). The standard InChI is InChI=1S/C18H20N6O2/c25-16-10-13(11-23-8-4-7-20-23)9-15(16)21-18(26)17-19-12-24(22-17)14-5-2-1-3-6-14/h1-8,12-13,15-16,25H,9-11H2,(H,21,26)/t13?,15-,16-/m1/s1. The third-order valence-electron chi connectivity index (χ3n) is 4.66. The van der Waals surface area contributed by atoms with Gasteiger partial charge in [0.2, 0.25) is 5.82 Å². The van der Waals surface area contributed by atoms with Gasteiger partial charge in [0, 0.05) is 18.9 Å². The minimum atomic E-state index is -0.573. The van der Waals surface area contributed by atoms with Gasteiger partial charge in [0.15, 0.2) is 0 Å². The molecular formula is C18H20N6O2. The lowest BCUT2D eigenvalue weighted by Crippen LogP contribution is -2.40. The second-order valence-corrected chi connectivity index (χ2v) is 6.56. The summed E-state index contributed by atoms with van der Waals surface area (Å²) in [5.74, 6) is -0.00918. The van der Waals surface area contributed by atoms with Gasteiger partial charge in [-0.3, -0.25) is 9.48 Å². The number of para-hydroxylation sites is 1. The first-order chi connectivity index (χ1) is 12.7. The molecule has 1 unspecified atom stereocenters. The first kappa shape index (κ1) is 16.5. The average molecular weight is 352 g/mol. The van der Waals surface area contributed by atoms with Gasteiger partial charge in [0.1, 0.15) is 6.33 Å². The van der Waals surface area contributed by atoms with E-state index in [1.165, 1.54) is 6.33 Å². The summed E-state index contributed by atoms with van der Waals surface area (Å²) in [4.78, 5) is 16.5. The zero-order valence-corrected chi connectivity index (χ0v) is 14.1. The van der Waals surface area contributed by atoms with E-state index in [0.717, 1.165) is 12.2 Å². The van der Waals surface area contributed by atoms with Crippen LogP contribution in [-0.4, -0.2) is 47.7 Å². The van der Waals surface area contributed by atoms with Crippen LogP contribution in [0, 0.1) is 5.92 Å². The normalized spacial score (nSPS) is 22.4. The second-order valence-electron chi connectivity index (χ2n) is 6.56. The molecule has 1 aliphatic carbocycles. The lowest BCUT2D eigenvalue weighted by atomic mass is 10.1. The number of aliphatic hydroxyl groups excluding tert-OH is 1. The van der Waals surface area contributed by atoms with Crippen molar-refractivity contribution >= 4 is 5.91 Å². The molecule has 1 aliphatic rings. The monoisotopic (exact) mass is 352 g/mol. The van der Waals surface area contributed by atoms with E-state index < -0.39 is 6.10 Å². The summed E-state index contributed by atoms with van der Waals surface area (Å²) in [5, 5.41) is 21.6. The highest BCUT2D eigenvalue weighted by molar-refractivity contribution is 5.90. The van der Waals surface area contributed by atoms with Crippen LogP contribution >= 0.6 is 0 Å². The minimum Gasteiger partial charge on any atom is -0.391 e. The Morgan fingerprint density at radius 2 is 2.08 bits per heavy atom. The summed E-state index contributed by atoms with van der Waals surface area (Å²) in [5.41, 5.74) is 0.833. The molecule has 8 heteroatoms. The van der Waals surface area contributed by atoms with Crippen molar-refractivity contribution < 1.29 is 9.90 Å². The molecule has 2 heterocycles. The number of hydrogen-bond acceptors (Lipinski definition) is 5. The molecule has 2 aromatic heterocycles. The maximum atomic E-state index is 12.4. The Hall–Kier alpha value is -3.00. The Morgan fingerprint density at radius 3 is 2.85 bits per heavy atom. The molecule has 3 aromatic rings. The van der Waals surface area contributed by atoms with E-state index in [-0.39, 0.29) is 23.7 Å². The summed E-state index contributed by atoms with van der Waals surface area (Å²) in [6.45, 7) is 0.733. The number of nitrogens with one attached hydrogen (secondary N) is 1. The van der Waals surface area contributed by atoms with Crippen LogP contribution in [0.1, 0.15) is 23.5 Å². The van der Waals surface area contributed by atoms with Crippen molar-refractivity contribution in [3.8, 4) is 5.69 Å². The average Bonchev–Trinajstić information content (AvgIpc) is 3.38. The van der Waals surface area contributed by atoms with Crippen LogP contribution in [0.25, 0.3) is 5.69 Å². The Bertz CT molecular complexity index is 861. The van der Waals surface area contributed by atoms with E-state index in [4.69, 9.17) is 0 Å².